The van der Waals surface area contributed by atoms with Crippen molar-refractivity contribution in [2.75, 3.05) is 16.3 Å². The Hall–Kier alpha value is -1.67. The minimum atomic E-state index is -3.61. The average Bonchev–Trinajstić information content (AvgIpc) is 2.39. The summed E-state index contributed by atoms with van der Waals surface area (Å²) in [4.78, 5) is 11.9. The van der Waals surface area contributed by atoms with E-state index in [1.165, 1.54) is 12.1 Å². The van der Waals surface area contributed by atoms with Crippen molar-refractivity contribution in [3.8, 4) is 0 Å². The Morgan fingerprint density at radius 1 is 1.43 bits per heavy atom. The van der Waals surface area contributed by atoms with E-state index in [1.807, 2.05) is 18.6 Å². The maximum atomic E-state index is 13.5. The molecule has 2 unspecified atom stereocenters. The lowest BCUT2D eigenvalue weighted by molar-refractivity contribution is -0.118. The third-order valence-electron chi connectivity index (χ3n) is 3.09. The van der Waals surface area contributed by atoms with Gasteiger partial charge in [0, 0.05) is 5.69 Å². The zero-order valence-corrected chi connectivity index (χ0v) is 13.0. The number of anilines is 2. The van der Waals surface area contributed by atoms with E-state index in [0.717, 1.165) is 18.7 Å². The minimum absolute atomic E-state index is 0.000867. The van der Waals surface area contributed by atoms with Crippen LogP contribution in [-0.4, -0.2) is 26.6 Å². The molecule has 1 amide bonds. The van der Waals surface area contributed by atoms with Crippen LogP contribution in [0.2, 0.25) is 0 Å². The first-order valence-electron chi connectivity index (χ1n) is 6.47. The third kappa shape index (κ3) is 5.31. The van der Waals surface area contributed by atoms with E-state index < -0.39 is 27.8 Å². The molecule has 1 rings (SSSR count). The second-order valence-corrected chi connectivity index (χ2v) is 6.72. The SMILES string of the molecule is CCC(C)C(N)C(=O)Nc1ccc(F)c(NS(C)(=O)=O)c1. The van der Waals surface area contributed by atoms with Gasteiger partial charge in [0.05, 0.1) is 18.0 Å². The van der Waals surface area contributed by atoms with Crippen molar-refractivity contribution in [2.45, 2.75) is 26.3 Å². The van der Waals surface area contributed by atoms with Gasteiger partial charge in [-0.3, -0.25) is 9.52 Å². The molecular formula is C13H20FN3O3S. The Morgan fingerprint density at radius 2 is 2.05 bits per heavy atom. The van der Waals surface area contributed by atoms with E-state index in [1.54, 1.807) is 0 Å². The molecule has 0 fully saturated rings. The zero-order chi connectivity index (χ0) is 16.2. The molecule has 0 aliphatic heterocycles. The number of rotatable bonds is 6. The average molecular weight is 317 g/mol. The molecule has 1 aromatic rings. The molecule has 8 heteroatoms. The van der Waals surface area contributed by atoms with E-state index in [4.69, 9.17) is 5.73 Å². The van der Waals surface area contributed by atoms with Gasteiger partial charge < -0.3 is 11.1 Å². The summed E-state index contributed by atoms with van der Waals surface area (Å²) < 4.78 is 37.8. The third-order valence-corrected chi connectivity index (χ3v) is 3.68. The van der Waals surface area contributed by atoms with Crippen molar-refractivity contribution in [1.29, 1.82) is 0 Å². The van der Waals surface area contributed by atoms with Gasteiger partial charge in [-0.15, -0.1) is 0 Å². The van der Waals surface area contributed by atoms with E-state index >= 15 is 0 Å². The molecule has 6 nitrogen and oxygen atoms in total. The summed E-state index contributed by atoms with van der Waals surface area (Å²) in [7, 11) is -3.61. The summed E-state index contributed by atoms with van der Waals surface area (Å²) in [5.74, 6) is -1.13. The van der Waals surface area contributed by atoms with Gasteiger partial charge in [0.2, 0.25) is 15.9 Å². The number of sulfonamides is 1. The Labute approximate surface area is 124 Å². The van der Waals surface area contributed by atoms with Gasteiger partial charge in [0.15, 0.2) is 0 Å². The summed E-state index contributed by atoms with van der Waals surface area (Å²) in [6.07, 6.45) is 1.66. The molecule has 0 aliphatic rings. The predicted octanol–water partition coefficient (Wildman–Crippen LogP) is 1.51. The fraction of sp³-hybridized carbons (Fsp3) is 0.462. The summed E-state index contributed by atoms with van der Waals surface area (Å²) in [6, 6.07) is 2.92. The first-order chi connectivity index (χ1) is 9.64. The van der Waals surface area contributed by atoms with Gasteiger partial charge in [0.25, 0.3) is 0 Å². The Morgan fingerprint density at radius 3 is 2.57 bits per heavy atom. The van der Waals surface area contributed by atoms with E-state index in [2.05, 4.69) is 5.32 Å². The van der Waals surface area contributed by atoms with Crippen LogP contribution < -0.4 is 15.8 Å². The molecule has 2 atom stereocenters. The summed E-state index contributed by atoms with van der Waals surface area (Å²) in [6.45, 7) is 3.77. The fourth-order valence-corrected chi connectivity index (χ4v) is 2.17. The number of benzene rings is 1. The Balaban J connectivity index is 2.90. The molecule has 118 valence electrons. The standard InChI is InChI=1S/C13H20FN3O3S/c1-4-8(2)12(15)13(18)16-9-5-6-10(14)11(7-9)17-21(3,19)20/h5-8,12,17H,4,15H2,1-3H3,(H,16,18). The highest BCUT2D eigenvalue weighted by Crippen LogP contribution is 2.21. The van der Waals surface area contributed by atoms with Crippen molar-refractivity contribution in [1.82, 2.24) is 0 Å². The van der Waals surface area contributed by atoms with Crippen LogP contribution in [0.4, 0.5) is 15.8 Å². The van der Waals surface area contributed by atoms with Gasteiger partial charge >= 0.3 is 0 Å². The number of carbonyl (C=O) groups is 1. The van der Waals surface area contributed by atoms with Crippen LogP contribution in [0.15, 0.2) is 18.2 Å². The molecule has 0 saturated heterocycles. The number of hydrogen-bond acceptors (Lipinski definition) is 4. The highest BCUT2D eigenvalue weighted by Gasteiger charge is 2.20. The number of amides is 1. The lowest BCUT2D eigenvalue weighted by atomic mass is 9.99. The summed E-state index contributed by atoms with van der Waals surface area (Å²) in [5.41, 5.74) is 5.83. The number of halogens is 1. The molecule has 0 heterocycles. The van der Waals surface area contributed by atoms with Crippen molar-refractivity contribution in [3.63, 3.8) is 0 Å². The molecule has 0 aliphatic carbocycles. The predicted molar refractivity (Wildman–Crippen MR) is 80.9 cm³/mol. The van der Waals surface area contributed by atoms with E-state index in [9.17, 15) is 17.6 Å². The first kappa shape index (κ1) is 17.4. The van der Waals surface area contributed by atoms with Crippen molar-refractivity contribution in [2.24, 2.45) is 11.7 Å². The van der Waals surface area contributed by atoms with Crippen LogP contribution >= 0.6 is 0 Å². The second-order valence-electron chi connectivity index (χ2n) is 4.97. The lowest BCUT2D eigenvalue weighted by Crippen LogP contribution is -2.40. The molecule has 0 saturated carbocycles. The van der Waals surface area contributed by atoms with E-state index in [0.29, 0.717) is 0 Å². The highest BCUT2D eigenvalue weighted by molar-refractivity contribution is 7.92. The van der Waals surface area contributed by atoms with Crippen molar-refractivity contribution >= 4 is 27.3 Å². The fourth-order valence-electron chi connectivity index (χ4n) is 1.62. The minimum Gasteiger partial charge on any atom is -0.325 e. The molecule has 21 heavy (non-hydrogen) atoms. The molecule has 0 radical (unpaired) electrons. The van der Waals surface area contributed by atoms with E-state index in [-0.39, 0.29) is 17.3 Å². The quantitative estimate of drug-likeness (QED) is 0.740. The topological polar surface area (TPSA) is 101 Å². The normalized spacial score (nSPS) is 14.3. The summed E-state index contributed by atoms with van der Waals surface area (Å²) >= 11 is 0. The van der Waals surface area contributed by atoms with Crippen LogP contribution in [-0.2, 0) is 14.8 Å². The largest absolute Gasteiger partial charge is 0.325 e. The zero-order valence-electron chi connectivity index (χ0n) is 12.2. The smallest absolute Gasteiger partial charge is 0.241 e. The van der Waals surface area contributed by atoms with Crippen LogP contribution in [0.25, 0.3) is 0 Å². The van der Waals surface area contributed by atoms with Gasteiger partial charge in [0.1, 0.15) is 5.82 Å². The number of nitrogens with one attached hydrogen (secondary N) is 2. The van der Waals surface area contributed by atoms with Crippen LogP contribution in [0.5, 0.6) is 0 Å². The van der Waals surface area contributed by atoms with Gasteiger partial charge in [-0.2, -0.15) is 0 Å². The maximum Gasteiger partial charge on any atom is 0.241 e. The van der Waals surface area contributed by atoms with Crippen molar-refractivity contribution < 1.29 is 17.6 Å². The van der Waals surface area contributed by atoms with Crippen molar-refractivity contribution in [3.05, 3.63) is 24.0 Å². The van der Waals surface area contributed by atoms with Crippen LogP contribution in [0.1, 0.15) is 20.3 Å². The van der Waals surface area contributed by atoms with Crippen LogP contribution in [0.3, 0.4) is 0 Å². The van der Waals surface area contributed by atoms with Crippen LogP contribution in [0, 0.1) is 11.7 Å². The molecular weight excluding hydrogens is 297 g/mol. The molecule has 0 bridgehead atoms. The Bertz CT molecular complexity index is 619. The van der Waals surface area contributed by atoms with Gasteiger partial charge in [-0.05, 0) is 24.1 Å². The number of carbonyl (C=O) groups excluding carboxylic acids is 1. The maximum absolute atomic E-state index is 13.5. The monoisotopic (exact) mass is 317 g/mol. The molecule has 4 N–H and O–H groups in total. The van der Waals surface area contributed by atoms with Gasteiger partial charge in [-0.25, -0.2) is 12.8 Å². The Kier molecular flexibility index (Phi) is 5.68. The first-order valence-corrected chi connectivity index (χ1v) is 8.37. The lowest BCUT2D eigenvalue weighted by Gasteiger charge is -2.18. The number of hydrogen-bond donors (Lipinski definition) is 3. The molecule has 0 aromatic heterocycles. The molecule has 1 aromatic carbocycles. The molecule has 0 spiro atoms. The highest BCUT2D eigenvalue weighted by atomic mass is 32.2. The number of nitrogens with two attached hydrogens (primary N) is 1. The van der Waals surface area contributed by atoms with Gasteiger partial charge in [-0.1, -0.05) is 20.3 Å². The second kappa shape index (κ2) is 6.86. The summed E-state index contributed by atoms with van der Waals surface area (Å²) in [5, 5.41) is 2.54.